The van der Waals surface area contributed by atoms with Crippen LogP contribution in [0, 0.1) is 5.41 Å². The molecule has 1 fully saturated rings. The summed E-state index contributed by atoms with van der Waals surface area (Å²) in [6.45, 7) is 12.8. The van der Waals surface area contributed by atoms with Crippen LogP contribution >= 0.6 is 0 Å². The van der Waals surface area contributed by atoms with Crippen molar-refractivity contribution in [3.05, 3.63) is 12.2 Å². The first kappa shape index (κ1) is 14.7. The molecule has 4 heteroatoms. The van der Waals surface area contributed by atoms with Crippen molar-refractivity contribution in [2.45, 2.75) is 59.2 Å². The number of hydrogen-bond donors (Lipinski definition) is 0. The third kappa shape index (κ3) is 3.59. The monoisotopic (exact) mass is 254 g/mol. The minimum Gasteiger partial charge on any atom is -0.460 e. The smallest absolute Gasteiger partial charge is 0.333 e. The Labute approximate surface area is 108 Å². The van der Waals surface area contributed by atoms with Gasteiger partial charge >= 0.3 is 11.9 Å². The summed E-state index contributed by atoms with van der Waals surface area (Å²) < 4.78 is 10.6. The van der Waals surface area contributed by atoms with Crippen LogP contribution in [0.25, 0.3) is 0 Å². The third-order valence-corrected chi connectivity index (χ3v) is 3.14. The van der Waals surface area contributed by atoms with Gasteiger partial charge in [0.25, 0.3) is 0 Å². The summed E-state index contributed by atoms with van der Waals surface area (Å²) in [6, 6.07) is 0. The zero-order chi connectivity index (χ0) is 14.1. The molecule has 1 saturated heterocycles. The van der Waals surface area contributed by atoms with Crippen molar-refractivity contribution in [3.63, 3.8) is 0 Å². The highest BCUT2D eigenvalue weighted by Gasteiger charge is 2.43. The number of esters is 2. The summed E-state index contributed by atoms with van der Waals surface area (Å²) in [6.07, 6.45) is 0.958. The predicted octanol–water partition coefficient (Wildman–Crippen LogP) is 2.62. The van der Waals surface area contributed by atoms with E-state index in [1.165, 1.54) is 6.92 Å². The largest absolute Gasteiger partial charge is 0.460 e. The molecule has 0 N–H and O–H groups in total. The second-order valence-corrected chi connectivity index (χ2v) is 6.22. The van der Waals surface area contributed by atoms with E-state index in [0.29, 0.717) is 18.4 Å². The number of hydrogen-bond acceptors (Lipinski definition) is 4. The summed E-state index contributed by atoms with van der Waals surface area (Å²) in [5.41, 5.74) is -0.335. The topological polar surface area (TPSA) is 52.6 Å². The summed E-state index contributed by atoms with van der Waals surface area (Å²) in [5, 5.41) is 0. The van der Waals surface area contributed by atoms with E-state index in [4.69, 9.17) is 9.47 Å². The van der Waals surface area contributed by atoms with Crippen molar-refractivity contribution in [3.8, 4) is 0 Å². The van der Waals surface area contributed by atoms with Gasteiger partial charge in [0.1, 0.15) is 11.7 Å². The number of ether oxygens (including phenoxy) is 2. The van der Waals surface area contributed by atoms with E-state index in [1.807, 2.05) is 27.7 Å². The zero-order valence-electron chi connectivity index (χ0n) is 11.8. The molecule has 1 unspecified atom stereocenters. The van der Waals surface area contributed by atoms with Gasteiger partial charge in [-0.25, -0.2) is 4.79 Å². The molecule has 1 heterocycles. The third-order valence-electron chi connectivity index (χ3n) is 3.14. The number of carbonyl (C=O) groups is 2. The first-order valence-corrected chi connectivity index (χ1v) is 6.12. The van der Waals surface area contributed by atoms with Gasteiger partial charge in [-0.05, 0) is 20.3 Å². The second kappa shape index (κ2) is 4.75. The lowest BCUT2D eigenvalue weighted by Gasteiger charge is -2.37. The minimum absolute atomic E-state index is 0.202. The van der Waals surface area contributed by atoms with Crippen LogP contribution in [0.4, 0.5) is 0 Å². The quantitative estimate of drug-likeness (QED) is 0.571. The van der Waals surface area contributed by atoms with Crippen molar-refractivity contribution in [1.82, 2.24) is 0 Å². The highest BCUT2D eigenvalue weighted by Crippen LogP contribution is 2.40. The molecule has 0 aromatic rings. The van der Waals surface area contributed by atoms with Crippen LogP contribution < -0.4 is 0 Å². The Hall–Kier alpha value is -1.32. The molecule has 4 nitrogen and oxygen atoms in total. The van der Waals surface area contributed by atoms with Crippen molar-refractivity contribution >= 4 is 11.9 Å². The fraction of sp³-hybridized carbons (Fsp3) is 0.714. The van der Waals surface area contributed by atoms with E-state index in [2.05, 4.69) is 6.58 Å². The lowest BCUT2D eigenvalue weighted by Crippen LogP contribution is -2.39. The molecule has 0 aromatic carbocycles. The van der Waals surface area contributed by atoms with E-state index in [9.17, 15) is 9.59 Å². The van der Waals surface area contributed by atoms with Crippen LogP contribution in [0.15, 0.2) is 12.2 Å². The van der Waals surface area contributed by atoms with Crippen LogP contribution in [0.5, 0.6) is 0 Å². The van der Waals surface area contributed by atoms with Gasteiger partial charge in [-0.15, -0.1) is 0 Å². The second-order valence-electron chi connectivity index (χ2n) is 6.22. The normalized spacial score (nSPS) is 20.8. The molecular formula is C14H22O4. The van der Waals surface area contributed by atoms with E-state index in [1.54, 1.807) is 0 Å². The van der Waals surface area contributed by atoms with Gasteiger partial charge in [0.05, 0.1) is 0 Å². The molecule has 18 heavy (non-hydrogen) atoms. The first-order valence-electron chi connectivity index (χ1n) is 6.12. The number of rotatable bonds is 4. The van der Waals surface area contributed by atoms with Gasteiger partial charge in [-0.2, -0.15) is 0 Å². The molecule has 0 amide bonds. The minimum atomic E-state index is -0.578. The molecular weight excluding hydrogens is 232 g/mol. The van der Waals surface area contributed by atoms with Crippen molar-refractivity contribution in [2.24, 2.45) is 5.41 Å². The summed E-state index contributed by atoms with van der Waals surface area (Å²) in [5.74, 6) is -0.623. The van der Waals surface area contributed by atoms with Crippen LogP contribution in [0.2, 0.25) is 0 Å². The average Bonchev–Trinajstić information content (AvgIpc) is 2.42. The van der Waals surface area contributed by atoms with Crippen LogP contribution in [-0.4, -0.2) is 23.6 Å². The van der Waals surface area contributed by atoms with Crippen LogP contribution in [-0.2, 0) is 19.1 Å². The van der Waals surface area contributed by atoms with Crippen LogP contribution in [0.3, 0.4) is 0 Å². The van der Waals surface area contributed by atoms with E-state index in [-0.39, 0.29) is 23.5 Å². The first-order chi connectivity index (χ1) is 8.03. The predicted molar refractivity (Wildman–Crippen MR) is 67.9 cm³/mol. The Morgan fingerprint density at radius 2 is 2.00 bits per heavy atom. The van der Waals surface area contributed by atoms with Crippen molar-refractivity contribution < 1.29 is 19.1 Å². The Kier molecular flexibility index (Phi) is 3.89. The highest BCUT2D eigenvalue weighted by molar-refractivity contribution is 5.90. The van der Waals surface area contributed by atoms with Gasteiger partial charge in [-0.1, -0.05) is 20.4 Å². The van der Waals surface area contributed by atoms with Gasteiger partial charge in [0, 0.05) is 24.3 Å². The Morgan fingerprint density at radius 3 is 2.39 bits per heavy atom. The fourth-order valence-electron chi connectivity index (χ4n) is 2.63. The molecule has 0 saturated carbocycles. The van der Waals surface area contributed by atoms with Gasteiger partial charge in [-0.3, -0.25) is 4.79 Å². The van der Waals surface area contributed by atoms with E-state index >= 15 is 0 Å². The van der Waals surface area contributed by atoms with Gasteiger partial charge in [0.15, 0.2) is 0 Å². The molecule has 0 radical (unpaired) electrons. The Balaban J connectivity index is 2.73. The lowest BCUT2D eigenvalue weighted by molar-refractivity contribution is -0.160. The molecule has 1 aliphatic rings. The molecule has 1 rings (SSSR count). The van der Waals surface area contributed by atoms with Gasteiger partial charge in [0.2, 0.25) is 0 Å². The summed E-state index contributed by atoms with van der Waals surface area (Å²) in [7, 11) is 0. The molecule has 0 bridgehead atoms. The maximum Gasteiger partial charge on any atom is 0.333 e. The molecule has 0 aromatic heterocycles. The maximum atomic E-state index is 11.4. The lowest BCUT2D eigenvalue weighted by atomic mass is 9.76. The molecule has 102 valence electrons. The van der Waals surface area contributed by atoms with Crippen LogP contribution in [0.1, 0.15) is 47.5 Å². The summed E-state index contributed by atoms with van der Waals surface area (Å²) in [4.78, 5) is 22.4. The number of cyclic esters (lactones) is 1. The molecule has 0 spiro atoms. The SMILES string of the molecule is C=C1CC(C(C)(C)CC(C)(C)OC(C)=O)OC1=O. The number of carbonyl (C=O) groups excluding carboxylic acids is 2. The average molecular weight is 254 g/mol. The molecule has 0 aliphatic carbocycles. The van der Waals surface area contributed by atoms with E-state index in [0.717, 1.165) is 0 Å². The standard InChI is InChI=1S/C14H22O4/c1-9-7-11(17-12(9)16)13(3,4)8-14(5,6)18-10(2)15/h11H,1,7-8H2,2-6H3. The molecule has 1 atom stereocenters. The van der Waals surface area contributed by atoms with Gasteiger partial charge < -0.3 is 9.47 Å². The maximum absolute atomic E-state index is 11.4. The summed E-state index contributed by atoms with van der Waals surface area (Å²) >= 11 is 0. The van der Waals surface area contributed by atoms with Crippen molar-refractivity contribution in [2.75, 3.05) is 0 Å². The zero-order valence-corrected chi connectivity index (χ0v) is 11.8. The van der Waals surface area contributed by atoms with Crippen molar-refractivity contribution in [1.29, 1.82) is 0 Å². The fourth-order valence-corrected chi connectivity index (χ4v) is 2.63. The molecule has 1 aliphatic heterocycles. The van der Waals surface area contributed by atoms with E-state index < -0.39 is 5.60 Å². The highest BCUT2D eigenvalue weighted by atomic mass is 16.6. The Bertz CT molecular complexity index is 363. The Morgan fingerprint density at radius 1 is 1.44 bits per heavy atom.